The third kappa shape index (κ3) is 2.89. The summed E-state index contributed by atoms with van der Waals surface area (Å²) >= 11 is 0. The predicted octanol–water partition coefficient (Wildman–Crippen LogP) is 4.49. The molecule has 1 spiro atoms. The second-order valence-electron chi connectivity index (χ2n) is 8.38. The van der Waals surface area contributed by atoms with Crippen LogP contribution in [-0.2, 0) is 0 Å². The minimum atomic E-state index is 0.211. The van der Waals surface area contributed by atoms with Gasteiger partial charge >= 0.3 is 0 Å². The maximum atomic E-state index is 13.0. The van der Waals surface area contributed by atoms with Gasteiger partial charge in [0.25, 0.3) is 5.91 Å². The Kier molecular flexibility index (Phi) is 4.40. The molecule has 0 unspecified atom stereocenters. The highest BCUT2D eigenvalue weighted by Crippen LogP contribution is 2.44. The smallest absolute Gasteiger partial charge is 0.257 e. The maximum absolute atomic E-state index is 13.0. The van der Waals surface area contributed by atoms with Crippen molar-refractivity contribution in [1.29, 1.82) is 0 Å². The molecule has 1 amide bonds. The van der Waals surface area contributed by atoms with Crippen LogP contribution in [0.4, 0.5) is 0 Å². The Bertz CT molecular complexity index is 584. The lowest BCUT2D eigenvalue weighted by Crippen LogP contribution is -2.44. The summed E-state index contributed by atoms with van der Waals surface area (Å²) in [5, 5.41) is 4.57. The van der Waals surface area contributed by atoms with Crippen molar-refractivity contribution < 1.29 is 4.79 Å². The number of amides is 1. The van der Waals surface area contributed by atoms with Gasteiger partial charge in [-0.2, -0.15) is 5.10 Å². The van der Waals surface area contributed by atoms with Gasteiger partial charge in [0.2, 0.25) is 0 Å². The first-order valence-corrected chi connectivity index (χ1v) is 10.0. The monoisotopic (exact) mass is 329 g/mol. The lowest BCUT2D eigenvalue weighted by Gasteiger charge is -2.44. The molecule has 2 heterocycles. The molecule has 1 aromatic rings. The average molecular weight is 329 g/mol. The fourth-order valence-electron chi connectivity index (χ4n) is 5.31. The first-order chi connectivity index (χ1) is 11.7. The highest BCUT2D eigenvalue weighted by atomic mass is 16.2. The quantitative estimate of drug-likeness (QED) is 0.801. The zero-order chi connectivity index (χ0) is 16.6. The van der Waals surface area contributed by atoms with Crippen molar-refractivity contribution >= 4 is 5.91 Å². The topological polar surface area (TPSA) is 38.1 Å². The van der Waals surface area contributed by atoms with Crippen LogP contribution in [0, 0.1) is 12.3 Å². The zero-order valence-corrected chi connectivity index (χ0v) is 15.1. The largest absolute Gasteiger partial charge is 0.339 e. The molecule has 132 valence electrons. The second-order valence-corrected chi connectivity index (χ2v) is 8.38. The lowest BCUT2D eigenvalue weighted by atomic mass is 9.68. The molecule has 1 saturated heterocycles. The van der Waals surface area contributed by atoms with Gasteiger partial charge in [0, 0.05) is 18.8 Å². The molecule has 4 rings (SSSR count). The predicted molar refractivity (Wildman–Crippen MR) is 95.1 cm³/mol. The minimum absolute atomic E-state index is 0.211. The molecule has 0 atom stereocenters. The number of carbonyl (C=O) groups is 1. The van der Waals surface area contributed by atoms with E-state index in [0.29, 0.717) is 11.5 Å². The lowest BCUT2D eigenvalue weighted by molar-refractivity contribution is 0.0471. The van der Waals surface area contributed by atoms with Gasteiger partial charge in [-0.1, -0.05) is 32.1 Å². The summed E-state index contributed by atoms with van der Waals surface area (Å²) in [6.45, 7) is 3.95. The fourth-order valence-corrected chi connectivity index (χ4v) is 5.31. The summed E-state index contributed by atoms with van der Waals surface area (Å²) in [5.41, 5.74) is 2.46. The van der Waals surface area contributed by atoms with Gasteiger partial charge < -0.3 is 4.90 Å². The molecule has 0 aromatic carbocycles. The van der Waals surface area contributed by atoms with Gasteiger partial charge in [0.1, 0.15) is 0 Å². The molecule has 0 N–H and O–H groups in total. The Morgan fingerprint density at radius 3 is 2.38 bits per heavy atom. The molecule has 1 aliphatic heterocycles. The number of piperidine rings is 1. The number of carbonyl (C=O) groups excluding carboxylic acids is 1. The van der Waals surface area contributed by atoms with Crippen molar-refractivity contribution in [2.45, 2.75) is 83.6 Å². The molecule has 2 saturated carbocycles. The molecule has 2 aliphatic carbocycles. The van der Waals surface area contributed by atoms with E-state index in [-0.39, 0.29) is 5.91 Å². The summed E-state index contributed by atoms with van der Waals surface area (Å²) in [7, 11) is 0. The van der Waals surface area contributed by atoms with Gasteiger partial charge in [0.05, 0.1) is 17.8 Å². The van der Waals surface area contributed by atoms with Crippen LogP contribution in [0.3, 0.4) is 0 Å². The van der Waals surface area contributed by atoms with Crippen LogP contribution in [-0.4, -0.2) is 33.7 Å². The SMILES string of the molecule is Cc1c(C(=O)N2CCC3(CCCCC3)CC2)cnn1C1CCCC1. The van der Waals surface area contributed by atoms with Crippen LogP contribution in [0.15, 0.2) is 6.20 Å². The summed E-state index contributed by atoms with van der Waals surface area (Å²) in [4.78, 5) is 15.1. The standard InChI is InChI=1S/C20H31N3O/c1-16-18(15-21-23(16)17-7-3-4-8-17)19(24)22-13-11-20(12-14-22)9-5-2-6-10-20/h15,17H,2-14H2,1H3. The molecule has 3 aliphatic rings. The van der Waals surface area contributed by atoms with Crippen LogP contribution < -0.4 is 0 Å². The fraction of sp³-hybridized carbons (Fsp3) is 0.800. The van der Waals surface area contributed by atoms with Crippen LogP contribution >= 0.6 is 0 Å². The van der Waals surface area contributed by atoms with E-state index < -0.39 is 0 Å². The Labute approximate surface area is 145 Å². The van der Waals surface area contributed by atoms with Crippen molar-refractivity contribution in [1.82, 2.24) is 14.7 Å². The van der Waals surface area contributed by atoms with E-state index in [1.807, 2.05) is 6.20 Å². The number of aromatic nitrogens is 2. The van der Waals surface area contributed by atoms with Crippen LogP contribution in [0.5, 0.6) is 0 Å². The molecular weight excluding hydrogens is 298 g/mol. The van der Waals surface area contributed by atoms with Crippen molar-refractivity contribution in [3.05, 3.63) is 17.5 Å². The van der Waals surface area contributed by atoms with E-state index in [4.69, 9.17) is 0 Å². The third-order valence-corrected chi connectivity index (χ3v) is 6.97. The number of nitrogens with zero attached hydrogens (tertiary/aromatic N) is 3. The van der Waals surface area contributed by atoms with E-state index in [1.54, 1.807) is 0 Å². The van der Waals surface area contributed by atoms with Gasteiger partial charge in [-0.15, -0.1) is 0 Å². The van der Waals surface area contributed by atoms with E-state index in [0.717, 1.165) is 24.3 Å². The van der Waals surface area contributed by atoms with Gasteiger partial charge in [0.15, 0.2) is 0 Å². The van der Waals surface area contributed by atoms with Gasteiger partial charge in [-0.25, -0.2) is 0 Å². The van der Waals surface area contributed by atoms with Crippen molar-refractivity contribution in [3.63, 3.8) is 0 Å². The van der Waals surface area contributed by atoms with Crippen LogP contribution in [0.2, 0.25) is 0 Å². The van der Waals surface area contributed by atoms with E-state index in [9.17, 15) is 4.79 Å². The molecule has 24 heavy (non-hydrogen) atoms. The number of rotatable bonds is 2. The van der Waals surface area contributed by atoms with E-state index in [2.05, 4.69) is 21.6 Å². The molecule has 0 bridgehead atoms. The number of hydrogen-bond donors (Lipinski definition) is 0. The normalized spacial score (nSPS) is 24.6. The van der Waals surface area contributed by atoms with E-state index >= 15 is 0 Å². The van der Waals surface area contributed by atoms with Gasteiger partial charge in [-0.05, 0) is 50.9 Å². The highest BCUT2D eigenvalue weighted by molar-refractivity contribution is 5.95. The molecule has 4 heteroatoms. The average Bonchev–Trinajstić information content (AvgIpc) is 3.25. The van der Waals surface area contributed by atoms with Gasteiger partial charge in [-0.3, -0.25) is 9.48 Å². The van der Waals surface area contributed by atoms with Crippen LogP contribution in [0.25, 0.3) is 0 Å². The van der Waals surface area contributed by atoms with Crippen molar-refractivity contribution in [3.8, 4) is 0 Å². The Morgan fingerprint density at radius 2 is 1.71 bits per heavy atom. The number of hydrogen-bond acceptors (Lipinski definition) is 2. The molecular formula is C20H31N3O. The second kappa shape index (κ2) is 6.53. The van der Waals surface area contributed by atoms with Crippen molar-refractivity contribution in [2.75, 3.05) is 13.1 Å². The maximum Gasteiger partial charge on any atom is 0.257 e. The Hall–Kier alpha value is -1.32. The molecule has 4 nitrogen and oxygen atoms in total. The Morgan fingerprint density at radius 1 is 1.04 bits per heavy atom. The minimum Gasteiger partial charge on any atom is -0.339 e. The molecule has 3 fully saturated rings. The van der Waals surface area contributed by atoms with E-state index in [1.165, 1.54) is 70.6 Å². The first-order valence-electron chi connectivity index (χ1n) is 10.0. The number of likely N-dealkylation sites (tertiary alicyclic amines) is 1. The molecule has 1 aromatic heterocycles. The summed E-state index contributed by atoms with van der Waals surface area (Å²) in [5.74, 6) is 0.211. The highest BCUT2D eigenvalue weighted by Gasteiger charge is 2.37. The summed E-state index contributed by atoms with van der Waals surface area (Å²) in [6, 6.07) is 0.512. The van der Waals surface area contributed by atoms with Crippen molar-refractivity contribution in [2.24, 2.45) is 5.41 Å². The Balaban J connectivity index is 1.43. The zero-order valence-electron chi connectivity index (χ0n) is 15.1. The van der Waals surface area contributed by atoms with Crippen LogP contribution in [0.1, 0.15) is 92.7 Å². The first kappa shape index (κ1) is 16.2. The summed E-state index contributed by atoms with van der Waals surface area (Å²) in [6.07, 6.45) is 16.2. The summed E-state index contributed by atoms with van der Waals surface area (Å²) < 4.78 is 2.12. The third-order valence-electron chi connectivity index (χ3n) is 6.97. The molecule has 0 radical (unpaired) electrons.